The summed E-state index contributed by atoms with van der Waals surface area (Å²) in [4.78, 5) is 0. The molecule has 1 aromatic rings. The highest BCUT2D eigenvalue weighted by molar-refractivity contribution is 5.49. The molecule has 0 radical (unpaired) electrons. The largest absolute Gasteiger partial charge is 0.507 e. The molecule has 0 heterocycles. The summed E-state index contributed by atoms with van der Waals surface area (Å²) in [6.45, 7) is 3.16. The molecular formula is C12H14O3. The average molecular weight is 206 g/mol. The lowest BCUT2D eigenvalue weighted by atomic mass is 10.1. The quantitative estimate of drug-likeness (QED) is 0.685. The van der Waals surface area contributed by atoms with E-state index < -0.39 is 5.60 Å². The van der Waals surface area contributed by atoms with Crippen LogP contribution in [0.15, 0.2) is 18.2 Å². The SMILES string of the molecule is COc1ccc(O)c(C#CC(C)(C)O)c1. The summed E-state index contributed by atoms with van der Waals surface area (Å²) in [7, 11) is 1.54. The minimum atomic E-state index is -1.07. The molecule has 0 amide bonds. The summed E-state index contributed by atoms with van der Waals surface area (Å²) in [5.41, 5.74) is -0.633. The van der Waals surface area contributed by atoms with Crippen molar-refractivity contribution < 1.29 is 14.9 Å². The van der Waals surface area contributed by atoms with Crippen LogP contribution in [0.2, 0.25) is 0 Å². The number of aromatic hydroxyl groups is 1. The summed E-state index contributed by atoms with van der Waals surface area (Å²) in [6, 6.07) is 4.77. The first-order valence-electron chi connectivity index (χ1n) is 4.55. The fourth-order valence-corrected chi connectivity index (χ4v) is 0.963. The van der Waals surface area contributed by atoms with Crippen molar-refractivity contribution in [3.8, 4) is 23.3 Å². The molecular weight excluding hydrogens is 192 g/mol. The Hall–Kier alpha value is -1.66. The second-order valence-corrected chi connectivity index (χ2v) is 3.69. The number of phenols is 1. The van der Waals surface area contributed by atoms with Crippen LogP contribution < -0.4 is 4.74 Å². The molecule has 0 saturated heterocycles. The van der Waals surface area contributed by atoms with E-state index >= 15 is 0 Å². The highest BCUT2D eigenvalue weighted by atomic mass is 16.5. The van der Waals surface area contributed by atoms with Crippen LogP contribution >= 0.6 is 0 Å². The number of ether oxygens (including phenoxy) is 1. The standard InChI is InChI=1S/C12H14O3/c1-12(2,14)7-6-9-8-10(15-3)4-5-11(9)13/h4-5,8,13-14H,1-3H3. The van der Waals surface area contributed by atoms with Crippen molar-refractivity contribution in [2.45, 2.75) is 19.4 Å². The highest BCUT2D eigenvalue weighted by Gasteiger charge is 2.07. The Kier molecular flexibility index (Phi) is 3.23. The fraction of sp³-hybridized carbons (Fsp3) is 0.333. The monoisotopic (exact) mass is 206 g/mol. The topological polar surface area (TPSA) is 49.7 Å². The number of methoxy groups -OCH3 is 1. The molecule has 0 fully saturated rings. The van der Waals surface area contributed by atoms with Crippen LogP contribution in [0.3, 0.4) is 0 Å². The summed E-state index contributed by atoms with van der Waals surface area (Å²) >= 11 is 0. The minimum absolute atomic E-state index is 0.0764. The Morgan fingerprint density at radius 3 is 2.53 bits per heavy atom. The van der Waals surface area contributed by atoms with Crippen LogP contribution in [-0.4, -0.2) is 22.9 Å². The number of phenolic OH excluding ortho intramolecular Hbond substituents is 1. The number of aliphatic hydroxyl groups is 1. The zero-order valence-electron chi connectivity index (χ0n) is 9.03. The van der Waals surface area contributed by atoms with Crippen molar-refractivity contribution in [1.82, 2.24) is 0 Å². The molecule has 80 valence electrons. The van der Waals surface area contributed by atoms with Gasteiger partial charge in [-0.2, -0.15) is 0 Å². The number of rotatable bonds is 1. The van der Waals surface area contributed by atoms with Crippen molar-refractivity contribution in [1.29, 1.82) is 0 Å². The Balaban J connectivity index is 3.07. The van der Waals surface area contributed by atoms with Crippen LogP contribution in [0.25, 0.3) is 0 Å². The predicted octanol–water partition coefficient (Wildman–Crippen LogP) is 1.52. The van der Waals surface area contributed by atoms with E-state index in [1.165, 1.54) is 6.07 Å². The lowest BCUT2D eigenvalue weighted by molar-refractivity contribution is 0.143. The van der Waals surface area contributed by atoms with Gasteiger partial charge in [-0.05, 0) is 32.0 Å². The molecule has 0 aromatic heterocycles. The zero-order chi connectivity index (χ0) is 11.5. The van der Waals surface area contributed by atoms with E-state index in [4.69, 9.17) is 4.74 Å². The Labute approximate surface area is 89.3 Å². The molecule has 0 aliphatic heterocycles. The maximum absolute atomic E-state index is 9.49. The smallest absolute Gasteiger partial charge is 0.131 e. The molecule has 2 N–H and O–H groups in total. The van der Waals surface area contributed by atoms with Crippen LogP contribution in [0.5, 0.6) is 11.5 Å². The molecule has 0 aliphatic rings. The van der Waals surface area contributed by atoms with Gasteiger partial charge >= 0.3 is 0 Å². The third-order valence-electron chi connectivity index (χ3n) is 1.71. The van der Waals surface area contributed by atoms with Crippen LogP contribution in [-0.2, 0) is 0 Å². The van der Waals surface area contributed by atoms with Crippen molar-refractivity contribution in [3.05, 3.63) is 23.8 Å². The third kappa shape index (κ3) is 3.53. The van der Waals surface area contributed by atoms with Crippen molar-refractivity contribution in [3.63, 3.8) is 0 Å². The van der Waals surface area contributed by atoms with E-state index in [0.29, 0.717) is 11.3 Å². The van der Waals surface area contributed by atoms with Crippen LogP contribution in [0, 0.1) is 11.8 Å². The lowest BCUT2D eigenvalue weighted by Gasteiger charge is -2.06. The highest BCUT2D eigenvalue weighted by Crippen LogP contribution is 2.21. The van der Waals surface area contributed by atoms with E-state index in [1.807, 2.05) is 0 Å². The van der Waals surface area contributed by atoms with Gasteiger partial charge in [0.25, 0.3) is 0 Å². The fourth-order valence-electron chi connectivity index (χ4n) is 0.963. The molecule has 0 bridgehead atoms. The van der Waals surface area contributed by atoms with Crippen molar-refractivity contribution in [2.24, 2.45) is 0 Å². The molecule has 3 heteroatoms. The molecule has 0 aliphatic carbocycles. The molecule has 15 heavy (non-hydrogen) atoms. The van der Waals surface area contributed by atoms with Gasteiger partial charge < -0.3 is 14.9 Å². The van der Waals surface area contributed by atoms with E-state index in [0.717, 1.165) is 0 Å². The normalized spacial score (nSPS) is 10.4. The minimum Gasteiger partial charge on any atom is -0.507 e. The van der Waals surface area contributed by atoms with Gasteiger partial charge in [0.05, 0.1) is 12.7 Å². The lowest BCUT2D eigenvalue weighted by Crippen LogP contribution is -2.14. The molecule has 0 unspecified atom stereocenters. The van der Waals surface area contributed by atoms with Crippen molar-refractivity contribution >= 4 is 0 Å². The summed E-state index contributed by atoms with van der Waals surface area (Å²) in [6.07, 6.45) is 0. The van der Waals surface area contributed by atoms with Gasteiger partial charge in [-0.25, -0.2) is 0 Å². The number of benzene rings is 1. The van der Waals surface area contributed by atoms with Gasteiger partial charge in [0.2, 0.25) is 0 Å². The molecule has 0 atom stereocenters. The molecule has 3 nitrogen and oxygen atoms in total. The summed E-state index contributed by atoms with van der Waals surface area (Å²) in [5, 5.41) is 18.9. The van der Waals surface area contributed by atoms with Gasteiger partial charge in [-0.15, -0.1) is 0 Å². The maximum Gasteiger partial charge on any atom is 0.131 e. The van der Waals surface area contributed by atoms with Crippen LogP contribution in [0.4, 0.5) is 0 Å². The van der Waals surface area contributed by atoms with Gasteiger partial charge in [-0.3, -0.25) is 0 Å². The molecule has 0 spiro atoms. The van der Waals surface area contributed by atoms with Crippen LogP contribution in [0.1, 0.15) is 19.4 Å². The molecule has 1 aromatic carbocycles. The summed E-state index contributed by atoms with van der Waals surface area (Å²) in [5.74, 6) is 6.01. The van der Waals surface area contributed by atoms with E-state index in [9.17, 15) is 10.2 Å². The maximum atomic E-state index is 9.49. The van der Waals surface area contributed by atoms with Gasteiger partial charge in [-0.1, -0.05) is 11.8 Å². The number of hydrogen-bond acceptors (Lipinski definition) is 3. The second-order valence-electron chi connectivity index (χ2n) is 3.69. The van der Waals surface area contributed by atoms with E-state index in [1.54, 1.807) is 33.1 Å². The molecule has 0 saturated carbocycles. The van der Waals surface area contributed by atoms with Gasteiger partial charge in [0.1, 0.15) is 17.1 Å². The van der Waals surface area contributed by atoms with E-state index in [-0.39, 0.29) is 5.75 Å². The second kappa shape index (κ2) is 4.24. The Morgan fingerprint density at radius 1 is 1.33 bits per heavy atom. The first-order valence-corrected chi connectivity index (χ1v) is 4.55. The van der Waals surface area contributed by atoms with Crippen molar-refractivity contribution in [2.75, 3.05) is 7.11 Å². The first-order chi connectivity index (χ1) is 6.92. The number of hydrogen-bond donors (Lipinski definition) is 2. The third-order valence-corrected chi connectivity index (χ3v) is 1.71. The Bertz CT molecular complexity index is 405. The average Bonchev–Trinajstić information content (AvgIpc) is 2.15. The first kappa shape index (κ1) is 11.4. The van der Waals surface area contributed by atoms with E-state index in [2.05, 4.69) is 11.8 Å². The predicted molar refractivity (Wildman–Crippen MR) is 57.8 cm³/mol. The van der Waals surface area contributed by atoms with Gasteiger partial charge in [0.15, 0.2) is 0 Å². The Morgan fingerprint density at radius 2 is 2.00 bits per heavy atom. The van der Waals surface area contributed by atoms with Gasteiger partial charge in [0, 0.05) is 0 Å². The molecule has 1 rings (SSSR count). The summed E-state index contributed by atoms with van der Waals surface area (Å²) < 4.78 is 5.00. The zero-order valence-corrected chi connectivity index (χ0v) is 9.03.